The van der Waals surface area contributed by atoms with Crippen molar-refractivity contribution in [1.82, 2.24) is 5.32 Å². The average molecular weight is 278 g/mol. The van der Waals surface area contributed by atoms with Crippen molar-refractivity contribution in [3.8, 4) is 0 Å². The van der Waals surface area contributed by atoms with Gasteiger partial charge in [0.2, 0.25) is 0 Å². The van der Waals surface area contributed by atoms with Gasteiger partial charge in [0.05, 0.1) is 11.3 Å². The van der Waals surface area contributed by atoms with Gasteiger partial charge < -0.3 is 15.7 Å². The molecule has 1 aromatic rings. The standard InChI is InChI=1S/C15H22N2O3/c1-9(2)11(4)8-16-15(20)17-12-7-5-6-10(3)13(12)14(18)19/h5-7,9,11H,8H2,1-4H3,(H,18,19)(H2,16,17,20). The van der Waals surface area contributed by atoms with E-state index in [2.05, 4.69) is 31.4 Å². The third-order valence-corrected chi connectivity index (χ3v) is 3.46. The second-order valence-corrected chi connectivity index (χ2v) is 5.36. The molecular formula is C15H22N2O3. The largest absolute Gasteiger partial charge is 0.478 e. The highest BCUT2D eigenvalue weighted by molar-refractivity contribution is 6.01. The van der Waals surface area contributed by atoms with E-state index >= 15 is 0 Å². The van der Waals surface area contributed by atoms with Crippen molar-refractivity contribution in [2.45, 2.75) is 27.7 Å². The predicted molar refractivity (Wildman–Crippen MR) is 79.2 cm³/mol. The second-order valence-electron chi connectivity index (χ2n) is 5.36. The number of aryl methyl sites for hydroxylation is 1. The van der Waals surface area contributed by atoms with E-state index in [0.717, 1.165) is 0 Å². The van der Waals surface area contributed by atoms with E-state index < -0.39 is 5.97 Å². The lowest BCUT2D eigenvalue weighted by Gasteiger charge is -2.17. The SMILES string of the molecule is Cc1cccc(NC(=O)NCC(C)C(C)C)c1C(=O)O. The van der Waals surface area contributed by atoms with Crippen LogP contribution in [0, 0.1) is 18.8 Å². The van der Waals surface area contributed by atoms with Crippen LogP contribution in [-0.4, -0.2) is 23.7 Å². The molecule has 5 heteroatoms. The zero-order valence-corrected chi connectivity index (χ0v) is 12.4. The summed E-state index contributed by atoms with van der Waals surface area (Å²) in [5, 5.41) is 14.5. The Bertz CT molecular complexity index is 498. The van der Waals surface area contributed by atoms with Crippen molar-refractivity contribution in [3.05, 3.63) is 29.3 Å². The number of hydrogen-bond acceptors (Lipinski definition) is 2. The molecule has 0 bridgehead atoms. The van der Waals surface area contributed by atoms with E-state index in [1.807, 2.05) is 0 Å². The zero-order valence-electron chi connectivity index (χ0n) is 12.4. The Balaban J connectivity index is 2.72. The van der Waals surface area contributed by atoms with Gasteiger partial charge in [-0.15, -0.1) is 0 Å². The highest BCUT2D eigenvalue weighted by Gasteiger charge is 2.15. The van der Waals surface area contributed by atoms with Crippen LogP contribution in [0.5, 0.6) is 0 Å². The molecule has 2 amide bonds. The van der Waals surface area contributed by atoms with Crippen LogP contribution in [0.4, 0.5) is 10.5 Å². The first kappa shape index (κ1) is 16.0. The fourth-order valence-electron chi connectivity index (χ4n) is 1.71. The van der Waals surface area contributed by atoms with E-state index in [4.69, 9.17) is 0 Å². The van der Waals surface area contributed by atoms with Gasteiger partial charge in [0, 0.05) is 6.54 Å². The maximum absolute atomic E-state index is 11.8. The normalized spacial score (nSPS) is 12.1. The Morgan fingerprint density at radius 3 is 2.45 bits per heavy atom. The number of carbonyl (C=O) groups is 2. The average Bonchev–Trinajstić information content (AvgIpc) is 2.35. The van der Waals surface area contributed by atoms with Gasteiger partial charge >= 0.3 is 12.0 Å². The molecule has 0 spiro atoms. The van der Waals surface area contributed by atoms with Gasteiger partial charge in [0.25, 0.3) is 0 Å². The van der Waals surface area contributed by atoms with Crippen molar-refractivity contribution >= 4 is 17.7 Å². The highest BCUT2D eigenvalue weighted by atomic mass is 16.4. The number of urea groups is 1. The number of amides is 2. The van der Waals surface area contributed by atoms with Crippen LogP contribution in [-0.2, 0) is 0 Å². The molecule has 0 saturated carbocycles. The minimum absolute atomic E-state index is 0.125. The number of carboxylic acid groups (broad SMARTS) is 1. The Morgan fingerprint density at radius 1 is 1.25 bits per heavy atom. The Hall–Kier alpha value is -2.04. The van der Waals surface area contributed by atoms with Crippen LogP contribution in [0.2, 0.25) is 0 Å². The molecule has 5 nitrogen and oxygen atoms in total. The number of carboxylic acids is 1. The first-order valence-corrected chi connectivity index (χ1v) is 6.70. The lowest BCUT2D eigenvalue weighted by molar-refractivity contribution is 0.0697. The first-order chi connectivity index (χ1) is 9.32. The minimum atomic E-state index is -1.05. The smallest absolute Gasteiger partial charge is 0.338 e. The maximum atomic E-state index is 11.8. The molecule has 1 aromatic carbocycles. The number of nitrogens with one attached hydrogen (secondary N) is 2. The third-order valence-electron chi connectivity index (χ3n) is 3.46. The number of anilines is 1. The van der Waals surface area contributed by atoms with Gasteiger partial charge in [-0.05, 0) is 30.4 Å². The fraction of sp³-hybridized carbons (Fsp3) is 0.467. The van der Waals surface area contributed by atoms with E-state index in [1.54, 1.807) is 25.1 Å². The van der Waals surface area contributed by atoms with Crippen LogP contribution < -0.4 is 10.6 Å². The second kappa shape index (κ2) is 6.93. The number of benzene rings is 1. The molecule has 0 saturated heterocycles. The highest BCUT2D eigenvalue weighted by Crippen LogP contribution is 2.19. The quantitative estimate of drug-likeness (QED) is 0.774. The summed E-state index contributed by atoms with van der Waals surface area (Å²) >= 11 is 0. The fourth-order valence-corrected chi connectivity index (χ4v) is 1.71. The Kier molecular flexibility index (Phi) is 5.55. The Morgan fingerprint density at radius 2 is 1.90 bits per heavy atom. The van der Waals surface area contributed by atoms with Crippen LogP contribution in [0.15, 0.2) is 18.2 Å². The molecule has 110 valence electrons. The van der Waals surface area contributed by atoms with Crippen LogP contribution in [0.25, 0.3) is 0 Å². The van der Waals surface area contributed by atoms with E-state index in [0.29, 0.717) is 29.6 Å². The van der Waals surface area contributed by atoms with Gasteiger partial charge in [-0.1, -0.05) is 32.9 Å². The van der Waals surface area contributed by atoms with Crippen molar-refractivity contribution in [1.29, 1.82) is 0 Å². The number of rotatable bonds is 5. The molecule has 0 aliphatic rings. The van der Waals surface area contributed by atoms with Gasteiger partial charge in [-0.3, -0.25) is 0 Å². The van der Waals surface area contributed by atoms with Gasteiger partial charge in [-0.25, -0.2) is 9.59 Å². The molecular weight excluding hydrogens is 256 g/mol. The summed E-state index contributed by atoms with van der Waals surface area (Å²) in [7, 11) is 0. The minimum Gasteiger partial charge on any atom is -0.478 e. The van der Waals surface area contributed by atoms with Crippen LogP contribution in [0.1, 0.15) is 36.7 Å². The molecule has 0 radical (unpaired) electrons. The molecule has 0 aromatic heterocycles. The molecule has 0 fully saturated rings. The molecule has 3 N–H and O–H groups in total. The van der Waals surface area contributed by atoms with E-state index in [-0.39, 0.29) is 11.6 Å². The summed E-state index contributed by atoms with van der Waals surface area (Å²) in [4.78, 5) is 23.0. The monoisotopic (exact) mass is 278 g/mol. The molecule has 0 aliphatic heterocycles. The van der Waals surface area contributed by atoms with Crippen LogP contribution >= 0.6 is 0 Å². The van der Waals surface area contributed by atoms with E-state index in [9.17, 15) is 14.7 Å². The van der Waals surface area contributed by atoms with Gasteiger partial charge in [0.1, 0.15) is 0 Å². The lowest BCUT2D eigenvalue weighted by atomic mass is 9.98. The van der Waals surface area contributed by atoms with Gasteiger partial charge in [-0.2, -0.15) is 0 Å². The molecule has 20 heavy (non-hydrogen) atoms. The summed E-state index contributed by atoms with van der Waals surface area (Å²) in [6, 6.07) is 4.62. The number of aromatic carboxylic acids is 1. The Labute approximate surface area is 119 Å². The summed E-state index contributed by atoms with van der Waals surface area (Å²) in [6.45, 7) is 8.49. The number of hydrogen-bond donors (Lipinski definition) is 3. The van der Waals surface area contributed by atoms with Crippen molar-refractivity contribution in [2.24, 2.45) is 11.8 Å². The molecule has 0 aliphatic carbocycles. The molecule has 1 unspecified atom stereocenters. The van der Waals surface area contributed by atoms with Crippen LogP contribution in [0.3, 0.4) is 0 Å². The van der Waals surface area contributed by atoms with E-state index in [1.165, 1.54) is 0 Å². The van der Waals surface area contributed by atoms with Crippen molar-refractivity contribution in [3.63, 3.8) is 0 Å². The molecule has 1 atom stereocenters. The predicted octanol–water partition coefficient (Wildman–Crippen LogP) is 3.11. The zero-order chi connectivity index (χ0) is 15.3. The lowest BCUT2D eigenvalue weighted by Crippen LogP contribution is -2.34. The maximum Gasteiger partial charge on any atom is 0.338 e. The van der Waals surface area contributed by atoms with Crippen molar-refractivity contribution < 1.29 is 14.7 Å². The van der Waals surface area contributed by atoms with Crippen molar-refractivity contribution in [2.75, 3.05) is 11.9 Å². The summed E-state index contributed by atoms with van der Waals surface area (Å²) < 4.78 is 0. The molecule has 0 heterocycles. The summed E-state index contributed by atoms with van der Waals surface area (Å²) in [6.07, 6.45) is 0. The molecule has 1 rings (SSSR count). The summed E-state index contributed by atoms with van der Waals surface area (Å²) in [5.74, 6) is -0.213. The van der Waals surface area contributed by atoms with Gasteiger partial charge in [0.15, 0.2) is 0 Å². The third kappa shape index (κ3) is 4.26. The topological polar surface area (TPSA) is 78.4 Å². The first-order valence-electron chi connectivity index (χ1n) is 6.70. The summed E-state index contributed by atoms with van der Waals surface area (Å²) in [5.41, 5.74) is 1.05. The number of carbonyl (C=O) groups excluding carboxylic acids is 1.